The number of hydrogen-bond donors (Lipinski definition) is 0. The van der Waals surface area contributed by atoms with E-state index in [1.807, 2.05) is 0 Å². The van der Waals surface area contributed by atoms with Gasteiger partial charge in [0.15, 0.2) is 0 Å². The van der Waals surface area contributed by atoms with Crippen molar-refractivity contribution in [2.24, 2.45) is 15.2 Å². The van der Waals surface area contributed by atoms with E-state index in [-0.39, 0.29) is 11.2 Å². The molecule has 1 aliphatic rings. The molecule has 0 unspecified atom stereocenters. The van der Waals surface area contributed by atoms with Gasteiger partial charge in [0.2, 0.25) is 5.17 Å². The average molecular weight is 327 g/mol. The highest BCUT2D eigenvalue weighted by molar-refractivity contribution is 8.14. The minimum absolute atomic E-state index is 0.0257. The predicted molar refractivity (Wildman–Crippen MR) is 65.7 cm³/mol. The van der Waals surface area contributed by atoms with E-state index in [2.05, 4.69) is 15.2 Å². The molecular weight excluding hydrogens is 320 g/mol. The van der Waals surface area contributed by atoms with Gasteiger partial charge in [-0.3, -0.25) is 4.99 Å². The van der Waals surface area contributed by atoms with E-state index < -0.39 is 29.2 Å². The number of benzene rings is 1. The molecule has 0 saturated heterocycles. The second-order valence-corrected chi connectivity index (χ2v) is 5.00. The SMILES string of the molecule is FC(F)(F)c1ccc(N=NC2=NCCS2)c(C(F)(F)F)c1. The molecule has 2 rings (SSSR count). The highest BCUT2D eigenvalue weighted by atomic mass is 32.2. The molecule has 0 atom stereocenters. The average Bonchev–Trinajstić information content (AvgIpc) is 2.87. The Balaban J connectivity index is 2.40. The summed E-state index contributed by atoms with van der Waals surface area (Å²) in [5.74, 6) is 0.646. The summed E-state index contributed by atoms with van der Waals surface area (Å²) in [6.07, 6.45) is -9.82. The van der Waals surface area contributed by atoms with E-state index in [4.69, 9.17) is 0 Å². The van der Waals surface area contributed by atoms with Crippen molar-refractivity contribution in [3.8, 4) is 0 Å². The summed E-state index contributed by atoms with van der Waals surface area (Å²) in [5.41, 5.74) is -3.54. The number of amidine groups is 1. The molecule has 114 valence electrons. The molecule has 1 aromatic carbocycles. The minimum Gasteiger partial charge on any atom is -0.258 e. The van der Waals surface area contributed by atoms with Crippen molar-refractivity contribution in [1.29, 1.82) is 0 Å². The highest BCUT2D eigenvalue weighted by Gasteiger charge is 2.38. The minimum atomic E-state index is -4.96. The maximum Gasteiger partial charge on any atom is 0.418 e. The van der Waals surface area contributed by atoms with E-state index >= 15 is 0 Å². The van der Waals surface area contributed by atoms with Crippen molar-refractivity contribution in [1.82, 2.24) is 0 Å². The Kier molecular flexibility index (Phi) is 4.26. The van der Waals surface area contributed by atoms with Gasteiger partial charge in [-0.25, -0.2) is 0 Å². The first-order valence-electron chi connectivity index (χ1n) is 5.55. The number of nitrogens with zero attached hydrogens (tertiary/aromatic N) is 3. The lowest BCUT2D eigenvalue weighted by atomic mass is 10.1. The number of thioether (sulfide) groups is 1. The van der Waals surface area contributed by atoms with E-state index in [9.17, 15) is 26.3 Å². The summed E-state index contributed by atoms with van der Waals surface area (Å²) in [6.45, 7) is 0.484. The van der Waals surface area contributed by atoms with Gasteiger partial charge in [-0.2, -0.15) is 26.3 Å². The normalized spacial score (nSPS) is 16.6. The van der Waals surface area contributed by atoms with Crippen LogP contribution in [-0.4, -0.2) is 17.5 Å². The van der Waals surface area contributed by atoms with E-state index in [1.165, 1.54) is 11.8 Å². The Labute approximate surface area is 119 Å². The number of alkyl halides is 6. The van der Waals surface area contributed by atoms with Crippen molar-refractivity contribution in [2.75, 3.05) is 12.3 Å². The van der Waals surface area contributed by atoms with Gasteiger partial charge in [-0.1, -0.05) is 11.8 Å². The van der Waals surface area contributed by atoms with E-state index in [1.54, 1.807) is 0 Å². The first-order valence-corrected chi connectivity index (χ1v) is 6.54. The van der Waals surface area contributed by atoms with Crippen LogP contribution in [0.5, 0.6) is 0 Å². The quantitative estimate of drug-likeness (QED) is 0.533. The Bertz CT molecular complexity index is 591. The molecule has 0 spiro atoms. The zero-order chi connectivity index (χ0) is 15.7. The third-order valence-electron chi connectivity index (χ3n) is 2.44. The topological polar surface area (TPSA) is 37.1 Å². The fourth-order valence-corrected chi connectivity index (χ4v) is 2.15. The van der Waals surface area contributed by atoms with Gasteiger partial charge < -0.3 is 0 Å². The maximum atomic E-state index is 12.8. The molecule has 1 heterocycles. The molecule has 0 fully saturated rings. The largest absolute Gasteiger partial charge is 0.418 e. The Morgan fingerprint density at radius 1 is 1.00 bits per heavy atom. The van der Waals surface area contributed by atoms with E-state index in [0.29, 0.717) is 24.4 Å². The van der Waals surface area contributed by atoms with Crippen LogP contribution in [0, 0.1) is 0 Å². The van der Waals surface area contributed by atoms with Crippen LogP contribution in [0.3, 0.4) is 0 Å². The molecule has 1 aromatic rings. The van der Waals surface area contributed by atoms with Crippen LogP contribution in [0.1, 0.15) is 11.1 Å². The second-order valence-electron chi connectivity index (χ2n) is 3.94. The Morgan fingerprint density at radius 2 is 1.71 bits per heavy atom. The van der Waals surface area contributed by atoms with Crippen LogP contribution in [0.15, 0.2) is 33.4 Å². The molecule has 0 radical (unpaired) electrons. The molecule has 3 nitrogen and oxygen atoms in total. The van der Waals surface area contributed by atoms with Crippen LogP contribution < -0.4 is 0 Å². The summed E-state index contributed by atoms with van der Waals surface area (Å²) < 4.78 is 75.9. The number of aliphatic imine (C=N–C) groups is 1. The molecular formula is C11H7F6N3S. The van der Waals surface area contributed by atoms with Crippen LogP contribution >= 0.6 is 11.8 Å². The summed E-state index contributed by atoms with van der Waals surface area (Å²) in [7, 11) is 0. The van der Waals surface area contributed by atoms with Gasteiger partial charge in [-0.05, 0) is 18.2 Å². The van der Waals surface area contributed by atoms with Crippen LogP contribution in [0.2, 0.25) is 0 Å². The smallest absolute Gasteiger partial charge is 0.258 e. The number of rotatable bonds is 1. The van der Waals surface area contributed by atoms with Gasteiger partial charge in [0.25, 0.3) is 0 Å². The van der Waals surface area contributed by atoms with Crippen molar-refractivity contribution in [3.05, 3.63) is 29.3 Å². The molecule has 0 bridgehead atoms. The zero-order valence-electron chi connectivity index (χ0n) is 10.2. The molecule has 0 aromatic heterocycles. The number of halogens is 6. The van der Waals surface area contributed by atoms with Crippen LogP contribution in [0.25, 0.3) is 0 Å². The van der Waals surface area contributed by atoms with E-state index in [0.717, 1.165) is 0 Å². The molecule has 10 heteroatoms. The van der Waals surface area contributed by atoms with Crippen LogP contribution in [0.4, 0.5) is 32.0 Å². The monoisotopic (exact) mass is 327 g/mol. The third kappa shape index (κ3) is 3.96. The van der Waals surface area contributed by atoms with Crippen LogP contribution in [-0.2, 0) is 12.4 Å². The first kappa shape index (κ1) is 15.8. The standard InChI is InChI=1S/C11H7F6N3S/c12-10(13,14)6-1-2-8(7(5-6)11(15,16)17)19-20-9-18-3-4-21-9/h1-2,5H,3-4H2. The molecule has 1 aliphatic heterocycles. The molecule has 0 saturated carbocycles. The van der Waals surface area contributed by atoms with Crippen molar-refractivity contribution in [2.45, 2.75) is 12.4 Å². The highest BCUT2D eigenvalue weighted by Crippen LogP contribution is 2.40. The summed E-state index contributed by atoms with van der Waals surface area (Å²) in [4.78, 5) is 3.86. The molecule has 0 aliphatic carbocycles. The number of hydrogen-bond acceptors (Lipinski definition) is 4. The lowest BCUT2D eigenvalue weighted by Gasteiger charge is -2.13. The summed E-state index contributed by atoms with van der Waals surface area (Å²) in [5, 5.41) is 7.09. The van der Waals surface area contributed by atoms with Gasteiger partial charge in [0.05, 0.1) is 23.4 Å². The van der Waals surface area contributed by atoms with Gasteiger partial charge in [0.1, 0.15) is 0 Å². The number of azo groups is 1. The third-order valence-corrected chi connectivity index (χ3v) is 3.30. The molecule has 21 heavy (non-hydrogen) atoms. The summed E-state index contributed by atoms with van der Waals surface area (Å²) >= 11 is 1.21. The van der Waals surface area contributed by atoms with Crippen molar-refractivity contribution < 1.29 is 26.3 Å². The van der Waals surface area contributed by atoms with Gasteiger partial charge in [-0.15, -0.1) is 10.2 Å². The molecule has 0 N–H and O–H groups in total. The lowest BCUT2D eigenvalue weighted by Crippen LogP contribution is -2.10. The Hall–Kier alpha value is -1.58. The van der Waals surface area contributed by atoms with Gasteiger partial charge in [0, 0.05) is 5.75 Å². The fraction of sp³-hybridized carbons (Fsp3) is 0.364. The summed E-state index contributed by atoms with van der Waals surface area (Å²) in [6, 6.07) is 1.21. The predicted octanol–water partition coefficient (Wildman–Crippen LogP) is 4.91. The van der Waals surface area contributed by atoms with Crippen molar-refractivity contribution >= 4 is 22.6 Å². The lowest BCUT2D eigenvalue weighted by molar-refractivity contribution is -0.142. The molecule has 0 amide bonds. The van der Waals surface area contributed by atoms with Gasteiger partial charge >= 0.3 is 12.4 Å². The zero-order valence-corrected chi connectivity index (χ0v) is 11.0. The Morgan fingerprint density at radius 3 is 2.24 bits per heavy atom. The first-order chi connectivity index (χ1) is 9.68. The fourth-order valence-electron chi connectivity index (χ4n) is 1.51. The second kappa shape index (κ2) is 5.66. The maximum absolute atomic E-state index is 12.8. The van der Waals surface area contributed by atoms with Crippen molar-refractivity contribution in [3.63, 3.8) is 0 Å².